The zero-order chi connectivity index (χ0) is 13.6. The number of hydrogen-bond acceptors (Lipinski definition) is 7. The topological polar surface area (TPSA) is 117 Å². The van der Waals surface area contributed by atoms with Crippen molar-refractivity contribution in [1.82, 2.24) is 9.91 Å². The Morgan fingerprint density at radius 2 is 1.44 bits per heavy atom. The molecule has 4 N–H and O–H groups in total. The van der Waals surface area contributed by atoms with E-state index in [4.69, 9.17) is 0 Å². The largest absolute Gasteiger partial charge is 0.348 e. The Kier molecular flexibility index (Phi) is 3.11. The van der Waals surface area contributed by atoms with Crippen molar-refractivity contribution in [2.75, 3.05) is 20.1 Å². The summed E-state index contributed by atoms with van der Waals surface area (Å²) >= 11 is 0. The molecule has 8 nitrogen and oxygen atoms in total. The lowest BCUT2D eigenvalue weighted by atomic mass is 9.69. The van der Waals surface area contributed by atoms with E-state index in [0.29, 0.717) is 12.8 Å². The number of aliphatic hydroxyl groups is 4. The molecule has 0 aromatic carbocycles. The van der Waals surface area contributed by atoms with E-state index in [-0.39, 0.29) is 17.9 Å². The number of rotatable bonds is 1. The Morgan fingerprint density at radius 3 is 1.83 bits per heavy atom. The maximum atomic E-state index is 10.5. The molecule has 0 atom stereocenters. The van der Waals surface area contributed by atoms with Crippen LogP contribution in [0, 0.1) is 10.3 Å². The van der Waals surface area contributed by atoms with Gasteiger partial charge in [-0.2, -0.15) is 0 Å². The van der Waals surface area contributed by atoms with Crippen LogP contribution in [0.5, 0.6) is 0 Å². The predicted molar refractivity (Wildman–Crippen MR) is 60.4 cm³/mol. The summed E-state index contributed by atoms with van der Waals surface area (Å²) in [5.74, 6) is -5.25. The minimum atomic E-state index is -2.63. The van der Waals surface area contributed by atoms with Gasteiger partial charge in [0.1, 0.15) is 0 Å². The molecule has 8 heteroatoms. The molecule has 2 aliphatic heterocycles. The van der Waals surface area contributed by atoms with Crippen LogP contribution in [0.15, 0.2) is 5.29 Å². The van der Waals surface area contributed by atoms with E-state index in [1.165, 1.54) is 0 Å². The molecular formula is C10H19N3O5. The van der Waals surface area contributed by atoms with E-state index in [0.717, 1.165) is 13.1 Å². The Bertz CT molecular complexity index is 318. The van der Waals surface area contributed by atoms with Gasteiger partial charge in [0, 0.05) is 12.8 Å². The molecule has 0 unspecified atom stereocenters. The van der Waals surface area contributed by atoms with Crippen molar-refractivity contribution in [3.63, 3.8) is 0 Å². The van der Waals surface area contributed by atoms with Gasteiger partial charge in [0.05, 0.1) is 5.29 Å². The fraction of sp³-hybridized carbons (Fsp3) is 1.00. The third-order valence-corrected chi connectivity index (χ3v) is 4.03. The van der Waals surface area contributed by atoms with Crippen LogP contribution in [0.25, 0.3) is 0 Å². The first-order valence-corrected chi connectivity index (χ1v) is 5.93. The summed E-state index contributed by atoms with van der Waals surface area (Å²) in [5, 5.41) is 41.6. The molecule has 0 aliphatic carbocycles. The third kappa shape index (κ3) is 2.21. The molecule has 2 rings (SSSR count). The molecule has 2 saturated heterocycles. The predicted octanol–water partition coefficient (Wildman–Crippen LogP) is -1.25. The standard InChI is InChI=1S/C10H19N3O5/c1-12-4-2-8(3-5-12)6-9(14,15)13(11-18)10(16,17)7-8/h14-17H,2-7H2,1H3. The van der Waals surface area contributed by atoms with Gasteiger partial charge in [-0.05, 0) is 38.4 Å². The Morgan fingerprint density at radius 1 is 1.00 bits per heavy atom. The van der Waals surface area contributed by atoms with Crippen LogP contribution in [0.1, 0.15) is 25.7 Å². The number of piperidine rings is 2. The van der Waals surface area contributed by atoms with Crippen LogP contribution in [0.3, 0.4) is 0 Å². The second-order valence-electron chi connectivity index (χ2n) is 5.60. The summed E-state index contributed by atoms with van der Waals surface area (Å²) in [5.41, 5.74) is -0.597. The second-order valence-corrected chi connectivity index (χ2v) is 5.60. The lowest BCUT2D eigenvalue weighted by Gasteiger charge is -2.53. The highest BCUT2D eigenvalue weighted by atomic mass is 16.6. The van der Waals surface area contributed by atoms with Crippen molar-refractivity contribution in [2.45, 2.75) is 37.5 Å². The van der Waals surface area contributed by atoms with Crippen LogP contribution < -0.4 is 0 Å². The van der Waals surface area contributed by atoms with Crippen molar-refractivity contribution >= 4 is 0 Å². The molecule has 0 aromatic heterocycles. The molecule has 0 amide bonds. The maximum absolute atomic E-state index is 10.5. The SMILES string of the molecule is CN1CCC2(CC1)CC(O)(O)N(N=O)C(O)(O)C2. The van der Waals surface area contributed by atoms with Crippen molar-refractivity contribution in [3.8, 4) is 0 Å². The first-order valence-electron chi connectivity index (χ1n) is 5.93. The van der Waals surface area contributed by atoms with Gasteiger partial charge in [-0.3, -0.25) is 0 Å². The van der Waals surface area contributed by atoms with E-state index in [1.807, 2.05) is 7.05 Å². The number of hydrogen-bond donors (Lipinski definition) is 4. The van der Waals surface area contributed by atoms with Gasteiger partial charge in [0.2, 0.25) is 0 Å². The Hall–Kier alpha value is -0.800. The lowest BCUT2D eigenvalue weighted by Crippen LogP contribution is -2.66. The lowest BCUT2D eigenvalue weighted by molar-refractivity contribution is -0.426. The second kappa shape index (κ2) is 4.10. The Labute approximate surface area is 104 Å². The number of nitrogens with zero attached hydrogens (tertiary/aromatic N) is 3. The molecule has 2 aliphatic rings. The van der Waals surface area contributed by atoms with Gasteiger partial charge in [-0.1, -0.05) is 0 Å². The smallest absolute Gasteiger partial charge is 0.269 e. The van der Waals surface area contributed by atoms with Crippen molar-refractivity contribution < 1.29 is 20.4 Å². The normalized spacial score (nSPS) is 30.4. The first-order chi connectivity index (χ1) is 8.21. The summed E-state index contributed by atoms with van der Waals surface area (Å²) in [4.78, 5) is 12.6. The van der Waals surface area contributed by atoms with Crippen molar-refractivity contribution in [3.05, 3.63) is 4.91 Å². The molecule has 2 fully saturated rings. The first kappa shape index (κ1) is 13.6. The van der Waals surface area contributed by atoms with E-state index in [9.17, 15) is 25.3 Å². The highest BCUT2D eigenvalue weighted by Crippen LogP contribution is 2.50. The molecule has 104 valence electrons. The highest BCUT2D eigenvalue weighted by Gasteiger charge is 2.59. The van der Waals surface area contributed by atoms with Crippen molar-refractivity contribution in [2.24, 2.45) is 10.7 Å². The van der Waals surface area contributed by atoms with Gasteiger partial charge < -0.3 is 25.3 Å². The van der Waals surface area contributed by atoms with Gasteiger partial charge in [0.15, 0.2) is 0 Å². The van der Waals surface area contributed by atoms with Crippen LogP contribution in [-0.2, 0) is 0 Å². The quantitative estimate of drug-likeness (QED) is 0.344. The van der Waals surface area contributed by atoms with Gasteiger partial charge in [-0.25, -0.2) is 0 Å². The molecule has 2 heterocycles. The summed E-state index contributed by atoms with van der Waals surface area (Å²) in [6, 6.07) is 0. The Balaban J connectivity index is 2.25. The zero-order valence-corrected chi connectivity index (χ0v) is 10.3. The maximum Gasteiger partial charge on any atom is 0.269 e. The van der Waals surface area contributed by atoms with E-state index in [1.54, 1.807) is 0 Å². The van der Waals surface area contributed by atoms with E-state index in [2.05, 4.69) is 10.2 Å². The van der Waals surface area contributed by atoms with E-state index < -0.39 is 17.2 Å². The van der Waals surface area contributed by atoms with Crippen LogP contribution in [0.4, 0.5) is 0 Å². The third-order valence-electron chi connectivity index (χ3n) is 4.03. The highest BCUT2D eigenvalue weighted by molar-refractivity contribution is 4.96. The number of likely N-dealkylation sites (tertiary alicyclic amines) is 1. The fourth-order valence-electron chi connectivity index (χ4n) is 3.08. The van der Waals surface area contributed by atoms with Gasteiger partial charge in [-0.15, -0.1) is 9.92 Å². The molecule has 0 aromatic rings. The van der Waals surface area contributed by atoms with Crippen LogP contribution >= 0.6 is 0 Å². The fourth-order valence-corrected chi connectivity index (χ4v) is 3.08. The minimum Gasteiger partial charge on any atom is -0.348 e. The molecule has 0 saturated carbocycles. The zero-order valence-electron chi connectivity index (χ0n) is 10.3. The van der Waals surface area contributed by atoms with Gasteiger partial charge in [0.25, 0.3) is 11.8 Å². The minimum absolute atomic E-state index is 0.0174. The van der Waals surface area contributed by atoms with Crippen LogP contribution in [-0.4, -0.2) is 62.3 Å². The molecule has 18 heavy (non-hydrogen) atoms. The summed E-state index contributed by atoms with van der Waals surface area (Å²) in [6.45, 7) is 1.47. The van der Waals surface area contributed by atoms with Gasteiger partial charge >= 0.3 is 0 Å². The average molecular weight is 261 g/mol. The summed E-state index contributed by atoms with van der Waals surface area (Å²) in [6.07, 6.45) is 0.981. The summed E-state index contributed by atoms with van der Waals surface area (Å²) < 4.78 is 0. The molecule has 1 spiro atoms. The van der Waals surface area contributed by atoms with E-state index >= 15 is 0 Å². The monoisotopic (exact) mass is 261 g/mol. The molecular weight excluding hydrogens is 242 g/mol. The van der Waals surface area contributed by atoms with Crippen molar-refractivity contribution in [1.29, 1.82) is 0 Å². The number of nitroso groups, excluding NO2 is 1. The summed E-state index contributed by atoms with van der Waals surface area (Å²) in [7, 11) is 1.95. The molecule has 0 bridgehead atoms. The average Bonchev–Trinajstić information content (AvgIpc) is 2.20. The molecule has 0 radical (unpaired) electrons. The van der Waals surface area contributed by atoms with Crippen LogP contribution in [0.2, 0.25) is 0 Å².